The third kappa shape index (κ3) is 19.2. The minimum atomic E-state index is -0.352. The zero-order chi connectivity index (χ0) is 35.3. The largest absolute Gasteiger partial charge is 0.423 e. The van der Waals surface area contributed by atoms with Crippen molar-refractivity contribution in [1.82, 2.24) is 0 Å². The van der Waals surface area contributed by atoms with Crippen LogP contribution in [0, 0.1) is 0 Å². The lowest BCUT2D eigenvalue weighted by atomic mass is 10.0. The minimum absolute atomic E-state index is 0.352. The molecule has 0 aliphatic heterocycles. The Labute approximate surface area is 305 Å². The minimum Gasteiger partial charge on any atom is -0.423 e. The highest BCUT2D eigenvalue weighted by molar-refractivity contribution is 5.91. The molecule has 0 radical (unpaired) electrons. The first-order valence-corrected chi connectivity index (χ1v) is 20.6. The lowest BCUT2D eigenvalue weighted by molar-refractivity contribution is 0.0734. The summed E-state index contributed by atoms with van der Waals surface area (Å²) in [5.74, 6) is 0.144. The molecule has 0 aliphatic rings. The second-order valence-corrected chi connectivity index (χ2v) is 14.4. The van der Waals surface area contributed by atoms with Gasteiger partial charge in [0.1, 0.15) is 5.75 Å². The molecular formula is C46H68N2O2. The highest BCUT2D eigenvalue weighted by Gasteiger charge is 2.09. The van der Waals surface area contributed by atoms with Crippen molar-refractivity contribution in [2.45, 2.75) is 174 Å². The summed E-state index contributed by atoms with van der Waals surface area (Å²) < 4.78 is 5.56. The summed E-state index contributed by atoms with van der Waals surface area (Å²) in [5.41, 5.74) is 4.73. The van der Waals surface area contributed by atoms with Gasteiger partial charge in [-0.2, -0.15) is 10.2 Å². The van der Waals surface area contributed by atoms with Crippen molar-refractivity contribution in [2.24, 2.45) is 10.2 Å². The summed E-state index contributed by atoms with van der Waals surface area (Å²) in [7, 11) is 0. The third-order valence-corrected chi connectivity index (χ3v) is 9.84. The highest BCUT2D eigenvalue weighted by Crippen LogP contribution is 2.23. The van der Waals surface area contributed by atoms with Gasteiger partial charge in [0.15, 0.2) is 0 Å². The van der Waals surface area contributed by atoms with Crippen molar-refractivity contribution in [3.05, 3.63) is 89.5 Å². The van der Waals surface area contributed by atoms with E-state index in [9.17, 15) is 4.79 Å². The van der Waals surface area contributed by atoms with Crippen LogP contribution in [-0.4, -0.2) is 5.97 Å². The molecule has 0 aliphatic carbocycles. The van der Waals surface area contributed by atoms with Gasteiger partial charge in [0.05, 0.1) is 16.9 Å². The Balaban J connectivity index is 1.17. The number of unbranched alkanes of at least 4 members (excludes halogenated alkanes) is 21. The molecule has 3 aromatic carbocycles. The number of nitrogens with zero attached hydrogens (tertiary/aromatic N) is 2. The second-order valence-electron chi connectivity index (χ2n) is 14.4. The van der Waals surface area contributed by atoms with Crippen LogP contribution in [0.5, 0.6) is 5.75 Å². The number of rotatable bonds is 29. The lowest BCUT2D eigenvalue weighted by Crippen LogP contribution is -2.08. The molecule has 0 aromatic heterocycles. The Morgan fingerprint density at radius 3 is 1.16 bits per heavy atom. The predicted octanol–water partition coefficient (Wildman–Crippen LogP) is 15.4. The SMILES string of the molecule is CCCCCCCCCCCCCCCCCCCCCCc1ccc(N=Nc2ccc(OC(=O)c3ccc(CCCCC)cc3)cc2)cc1. The Morgan fingerprint density at radius 2 is 0.740 bits per heavy atom. The highest BCUT2D eigenvalue weighted by atomic mass is 16.5. The second kappa shape index (κ2) is 27.5. The molecule has 0 N–H and O–H groups in total. The number of benzene rings is 3. The number of carbonyl (C=O) groups excluding carboxylic acids is 1. The van der Waals surface area contributed by atoms with E-state index >= 15 is 0 Å². The van der Waals surface area contributed by atoms with Crippen molar-refractivity contribution in [1.29, 1.82) is 0 Å². The van der Waals surface area contributed by atoms with Gasteiger partial charge in [0.2, 0.25) is 0 Å². The first kappa shape index (κ1) is 41.2. The van der Waals surface area contributed by atoms with Gasteiger partial charge in [-0.1, -0.05) is 173 Å². The van der Waals surface area contributed by atoms with E-state index in [0.29, 0.717) is 11.3 Å². The van der Waals surface area contributed by atoms with Crippen molar-refractivity contribution >= 4 is 17.3 Å². The summed E-state index contributed by atoms with van der Waals surface area (Å²) >= 11 is 0. The Kier molecular flexibility index (Phi) is 22.6. The number of hydrogen-bond acceptors (Lipinski definition) is 4. The molecule has 3 rings (SSSR count). The van der Waals surface area contributed by atoms with Crippen LogP contribution >= 0.6 is 0 Å². The van der Waals surface area contributed by atoms with E-state index in [1.807, 2.05) is 48.5 Å². The number of esters is 1. The molecule has 0 unspecified atom stereocenters. The molecule has 0 bridgehead atoms. The summed E-state index contributed by atoms with van der Waals surface area (Å²) in [6, 6.07) is 23.3. The fourth-order valence-electron chi connectivity index (χ4n) is 6.56. The molecule has 0 spiro atoms. The zero-order valence-electron chi connectivity index (χ0n) is 31.8. The fourth-order valence-corrected chi connectivity index (χ4v) is 6.56. The number of ether oxygens (including phenoxy) is 1. The van der Waals surface area contributed by atoms with E-state index in [-0.39, 0.29) is 5.97 Å². The smallest absolute Gasteiger partial charge is 0.343 e. The van der Waals surface area contributed by atoms with Gasteiger partial charge in [-0.25, -0.2) is 4.79 Å². The van der Waals surface area contributed by atoms with E-state index < -0.39 is 0 Å². The summed E-state index contributed by atoms with van der Waals surface area (Å²) in [6.45, 7) is 4.50. The van der Waals surface area contributed by atoms with Gasteiger partial charge in [0, 0.05) is 0 Å². The molecule has 50 heavy (non-hydrogen) atoms. The van der Waals surface area contributed by atoms with Crippen molar-refractivity contribution < 1.29 is 9.53 Å². The Bertz CT molecular complexity index is 1280. The lowest BCUT2D eigenvalue weighted by Gasteiger charge is -2.06. The van der Waals surface area contributed by atoms with Gasteiger partial charge in [-0.15, -0.1) is 0 Å². The molecule has 4 heteroatoms. The standard InChI is InChI=1S/C46H68N2O2/c1-3-5-7-8-9-10-11-12-13-14-15-16-17-18-19-20-21-22-23-25-27-41-30-34-43(35-31-41)47-48-44-36-38-45(39-37-44)50-46(49)42-32-28-40(29-33-42)26-24-6-4-2/h28-39H,3-27H2,1-2H3. The first-order valence-electron chi connectivity index (χ1n) is 20.6. The average Bonchev–Trinajstić information content (AvgIpc) is 3.14. The summed E-state index contributed by atoms with van der Waals surface area (Å²) in [5, 5.41) is 8.76. The van der Waals surface area contributed by atoms with Gasteiger partial charge in [-0.3, -0.25) is 0 Å². The van der Waals surface area contributed by atoms with Crippen LogP contribution in [0.25, 0.3) is 0 Å². The van der Waals surface area contributed by atoms with Crippen LogP contribution in [0.3, 0.4) is 0 Å². The molecule has 0 saturated carbocycles. The van der Waals surface area contributed by atoms with Gasteiger partial charge in [-0.05, 0) is 85.3 Å². The van der Waals surface area contributed by atoms with E-state index in [2.05, 4.69) is 36.2 Å². The summed E-state index contributed by atoms with van der Waals surface area (Å²) in [6.07, 6.45) is 34.1. The Hall–Kier alpha value is -3.27. The van der Waals surface area contributed by atoms with Crippen LogP contribution in [0.1, 0.15) is 183 Å². The molecule has 0 atom stereocenters. The van der Waals surface area contributed by atoms with Crippen LogP contribution < -0.4 is 4.74 Å². The van der Waals surface area contributed by atoms with Crippen LogP contribution in [-0.2, 0) is 12.8 Å². The maximum Gasteiger partial charge on any atom is 0.343 e. The molecule has 3 aromatic rings. The van der Waals surface area contributed by atoms with Crippen molar-refractivity contribution in [3.63, 3.8) is 0 Å². The van der Waals surface area contributed by atoms with E-state index in [0.717, 1.165) is 24.2 Å². The number of azo groups is 1. The van der Waals surface area contributed by atoms with Crippen molar-refractivity contribution in [3.8, 4) is 5.75 Å². The Morgan fingerprint density at radius 1 is 0.420 bits per heavy atom. The monoisotopic (exact) mass is 681 g/mol. The molecule has 0 heterocycles. The predicted molar refractivity (Wildman–Crippen MR) is 213 cm³/mol. The molecule has 274 valence electrons. The maximum absolute atomic E-state index is 12.6. The molecule has 0 amide bonds. The maximum atomic E-state index is 12.6. The van der Waals surface area contributed by atoms with Crippen LogP contribution in [0.15, 0.2) is 83.0 Å². The number of hydrogen-bond donors (Lipinski definition) is 0. The molecular weight excluding hydrogens is 613 g/mol. The number of aryl methyl sites for hydroxylation is 2. The zero-order valence-corrected chi connectivity index (χ0v) is 31.8. The fraction of sp³-hybridized carbons (Fsp3) is 0.587. The quantitative estimate of drug-likeness (QED) is 0.0317. The first-order chi connectivity index (χ1) is 24.7. The topological polar surface area (TPSA) is 51.0 Å². The van der Waals surface area contributed by atoms with E-state index in [1.165, 1.54) is 159 Å². The van der Waals surface area contributed by atoms with Gasteiger partial charge >= 0.3 is 5.97 Å². The summed E-state index contributed by atoms with van der Waals surface area (Å²) in [4.78, 5) is 12.6. The van der Waals surface area contributed by atoms with Crippen LogP contribution in [0.4, 0.5) is 11.4 Å². The van der Waals surface area contributed by atoms with Gasteiger partial charge in [0.25, 0.3) is 0 Å². The van der Waals surface area contributed by atoms with E-state index in [1.54, 1.807) is 12.1 Å². The number of carbonyl (C=O) groups is 1. The van der Waals surface area contributed by atoms with Crippen molar-refractivity contribution in [2.75, 3.05) is 0 Å². The third-order valence-electron chi connectivity index (χ3n) is 9.84. The van der Waals surface area contributed by atoms with Crippen LogP contribution in [0.2, 0.25) is 0 Å². The molecule has 4 nitrogen and oxygen atoms in total. The average molecular weight is 681 g/mol. The van der Waals surface area contributed by atoms with E-state index in [4.69, 9.17) is 4.74 Å². The normalized spacial score (nSPS) is 11.4. The molecule has 0 fully saturated rings. The molecule has 0 saturated heterocycles. The van der Waals surface area contributed by atoms with Gasteiger partial charge < -0.3 is 4.74 Å².